The summed E-state index contributed by atoms with van der Waals surface area (Å²) in [6.07, 6.45) is 0.247. The minimum atomic E-state index is -1.04. The molecule has 0 aliphatic carbocycles. The highest BCUT2D eigenvalue weighted by molar-refractivity contribution is 5.83. The summed E-state index contributed by atoms with van der Waals surface area (Å²) in [6.45, 7) is 1.24. The number of amides is 2. The van der Waals surface area contributed by atoms with Gasteiger partial charge in [-0.05, 0) is 43.4 Å². The maximum Gasteiger partial charge on any atom is 0.332 e. The van der Waals surface area contributed by atoms with Crippen molar-refractivity contribution in [2.45, 2.75) is 44.4 Å². The Labute approximate surface area is 156 Å². The van der Waals surface area contributed by atoms with Crippen LogP contribution in [0.4, 0.5) is 4.39 Å². The van der Waals surface area contributed by atoms with Gasteiger partial charge in [0.2, 0.25) is 5.91 Å². The van der Waals surface area contributed by atoms with Gasteiger partial charge in [-0.25, -0.2) is 9.18 Å². The Kier molecular flexibility index (Phi) is 6.05. The molecule has 8 heteroatoms. The number of piperidine rings is 1. The first-order valence-electron chi connectivity index (χ1n) is 9.13. The summed E-state index contributed by atoms with van der Waals surface area (Å²) in [4.78, 5) is 37.4. The molecule has 0 spiro atoms. The van der Waals surface area contributed by atoms with Gasteiger partial charge in [0.25, 0.3) is 5.91 Å². The Bertz CT molecular complexity index is 701. The quantitative estimate of drug-likeness (QED) is 0.806. The van der Waals surface area contributed by atoms with Crippen molar-refractivity contribution < 1.29 is 28.6 Å². The molecule has 1 aromatic rings. The van der Waals surface area contributed by atoms with E-state index in [0.29, 0.717) is 45.3 Å². The first-order chi connectivity index (χ1) is 12.9. The number of benzene rings is 1. The normalized spacial score (nSPS) is 23.2. The van der Waals surface area contributed by atoms with E-state index in [1.165, 1.54) is 12.1 Å². The fourth-order valence-corrected chi connectivity index (χ4v) is 3.50. The molecule has 27 heavy (non-hydrogen) atoms. The maximum atomic E-state index is 12.9. The molecular weight excluding hydrogens is 355 g/mol. The van der Waals surface area contributed by atoms with Crippen molar-refractivity contribution in [2.24, 2.45) is 5.92 Å². The number of halogens is 1. The molecule has 0 unspecified atom stereocenters. The molecule has 0 saturated carbocycles. The fraction of sp³-hybridized carbons (Fsp3) is 0.526. The van der Waals surface area contributed by atoms with Crippen molar-refractivity contribution in [2.75, 3.05) is 13.1 Å². The lowest BCUT2D eigenvalue weighted by Crippen LogP contribution is -2.46. The van der Waals surface area contributed by atoms with Crippen LogP contribution in [0.5, 0.6) is 0 Å². The summed E-state index contributed by atoms with van der Waals surface area (Å²) < 4.78 is 18.2. The Morgan fingerprint density at radius 2 is 1.70 bits per heavy atom. The smallest absolute Gasteiger partial charge is 0.332 e. The SMILES string of the molecule is O=C(NCc1ccc(F)cc1)C1CCN(C(=O)[C@@H]2CC[C@H](C(=O)O)O2)CC1. The number of carbonyl (C=O) groups excluding carboxylic acids is 2. The largest absolute Gasteiger partial charge is 0.479 e. The molecule has 2 fully saturated rings. The molecule has 1 aromatic carbocycles. The summed E-state index contributed by atoms with van der Waals surface area (Å²) in [7, 11) is 0. The van der Waals surface area contributed by atoms with Crippen molar-refractivity contribution in [1.82, 2.24) is 10.2 Å². The van der Waals surface area contributed by atoms with Crippen molar-refractivity contribution in [1.29, 1.82) is 0 Å². The van der Waals surface area contributed by atoms with Crippen LogP contribution in [0.2, 0.25) is 0 Å². The zero-order valence-corrected chi connectivity index (χ0v) is 14.9. The third-order valence-corrected chi connectivity index (χ3v) is 5.13. The molecule has 2 atom stereocenters. The average molecular weight is 378 g/mol. The molecule has 2 aliphatic rings. The average Bonchev–Trinajstić information content (AvgIpc) is 3.17. The number of rotatable bonds is 5. The van der Waals surface area contributed by atoms with Gasteiger partial charge in [-0.3, -0.25) is 9.59 Å². The van der Waals surface area contributed by atoms with Gasteiger partial charge >= 0.3 is 5.97 Å². The minimum absolute atomic E-state index is 0.0746. The molecule has 0 radical (unpaired) electrons. The van der Waals surface area contributed by atoms with E-state index in [4.69, 9.17) is 9.84 Å². The lowest BCUT2D eigenvalue weighted by molar-refractivity contribution is -0.155. The second-order valence-corrected chi connectivity index (χ2v) is 6.97. The first-order valence-corrected chi connectivity index (χ1v) is 9.13. The molecule has 2 saturated heterocycles. The first kappa shape index (κ1) is 19.3. The van der Waals surface area contributed by atoms with E-state index in [2.05, 4.69) is 5.32 Å². The molecule has 3 rings (SSSR count). The van der Waals surface area contributed by atoms with Gasteiger partial charge in [-0.15, -0.1) is 0 Å². The summed E-state index contributed by atoms with van der Waals surface area (Å²) in [5, 5.41) is 11.8. The van der Waals surface area contributed by atoms with Crippen molar-refractivity contribution in [3.8, 4) is 0 Å². The molecule has 2 amide bonds. The van der Waals surface area contributed by atoms with Gasteiger partial charge in [0.15, 0.2) is 6.10 Å². The third kappa shape index (κ3) is 4.82. The number of ether oxygens (including phenoxy) is 1. The van der Waals surface area contributed by atoms with Gasteiger partial charge in [0.1, 0.15) is 11.9 Å². The van der Waals surface area contributed by atoms with E-state index < -0.39 is 18.2 Å². The van der Waals surface area contributed by atoms with E-state index in [0.717, 1.165) is 5.56 Å². The molecule has 0 aromatic heterocycles. The fourth-order valence-electron chi connectivity index (χ4n) is 3.50. The number of carboxylic acid groups (broad SMARTS) is 1. The van der Waals surface area contributed by atoms with Gasteiger partial charge in [0, 0.05) is 25.6 Å². The Morgan fingerprint density at radius 3 is 2.30 bits per heavy atom. The number of nitrogens with one attached hydrogen (secondary N) is 1. The second-order valence-electron chi connectivity index (χ2n) is 6.97. The van der Waals surface area contributed by atoms with E-state index in [9.17, 15) is 18.8 Å². The zero-order chi connectivity index (χ0) is 19.4. The highest BCUT2D eigenvalue weighted by atomic mass is 19.1. The van der Waals surface area contributed by atoms with Crippen LogP contribution in [0.25, 0.3) is 0 Å². The van der Waals surface area contributed by atoms with E-state index in [1.807, 2.05) is 0 Å². The number of likely N-dealkylation sites (tertiary alicyclic amines) is 1. The maximum absolute atomic E-state index is 12.9. The molecule has 0 bridgehead atoms. The topological polar surface area (TPSA) is 95.9 Å². The number of carbonyl (C=O) groups is 3. The number of aliphatic carboxylic acids is 1. The molecule has 7 nitrogen and oxygen atoms in total. The van der Waals surface area contributed by atoms with Gasteiger partial charge in [0.05, 0.1) is 0 Å². The summed E-state index contributed by atoms with van der Waals surface area (Å²) in [6, 6.07) is 5.96. The monoisotopic (exact) mass is 378 g/mol. The third-order valence-electron chi connectivity index (χ3n) is 5.13. The second kappa shape index (κ2) is 8.47. The van der Waals surface area contributed by atoms with Gasteiger partial charge in [-0.1, -0.05) is 12.1 Å². The molecule has 2 aliphatic heterocycles. The highest BCUT2D eigenvalue weighted by Crippen LogP contribution is 2.24. The number of hydrogen-bond acceptors (Lipinski definition) is 4. The predicted octanol–water partition coefficient (Wildman–Crippen LogP) is 1.31. The number of carboxylic acids is 1. The molecule has 2 N–H and O–H groups in total. The lowest BCUT2D eigenvalue weighted by atomic mass is 9.95. The van der Waals surface area contributed by atoms with Crippen LogP contribution in [-0.2, 0) is 25.7 Å². The molecule has 146 valence electrons. The van der Waals surface area contributed by atoms with E-state index >= 15 is 0 Å². The van der Waals surface area contributed by atoms with Crippen LogP contribution < -0.4 is 5.32 Å². The van der Waals surface area contributed by atoms with Crippen molar-refractivity contribution in [3.63, 3.8) is 0 Å². The van der Waals surface area contributed by atoms with Crippen LogP contribution in [0.15, 0.2) is 24.3 Å². The van der Waals surface area contributed by atoms with Crippen molar-refractivity contribution in [3.05, 3.63) is 35.6 Å². The van der Waals surface area contributed by atoms with Crippen LogP contribution >= 0.6 is 0 Å². The van der Waals surface area contributed by atoms with Gasteiger partial charge < -0.3 is 20.1 Å². The summed E-state index contributed by atoms with van der Waals surface area (Å²) in [5.74, 6) is -1.80. The lowest BCUT2D eigenvalue weighted by Gasteiger charge is -2.32. The van der Waals surface area contributed by atoms with Crippen LogP contribution in [0.3, 0.4) is 0 Å². The summed E-state index contributed by atoms with van der Waals surface area (Å²) in [5.41, 5.74) is 0.823. The number of hydrogen-bond donors (Lipinski definition) is 2. The Balaban J connectivity index is 1.43. The highest BCUT2D eigenvalue weighted by Gasteiger charge is 2.38. The van der Waals surface area contributed by atoms with Crippen molar-refractivity contribution >= 4 is 17.8 Å². The van der Waals surface area contributed by atoms with Crippen LogP contribution in [-0.4, -0.2) is 53.1 Å². The van der Waals surface area contributed by atoms with Crippen LogP contribution in [0.1, 0.15) is 31.2 Å². The van der Waals surface area contributed by atoms with E-state index in [1.54, 1.807) is 17.0 Å². The minimum Gasteiger partial charge on any atom is -0.479 e. The van der Waals surface area contributed by atoms with Crippen LogP contribution in [0, 0.1) is 11.7 Å². The number of nitrogens with zero attached hydrogens (tertiary/aromatic N) is 1. The Hall–Kier alpha value is -2.48. The molecular formula is C19H23FN2O5. The van der Waals surface area contributed by atoms with Gasteiger partial charge in [-0.2, -0.15) is 0 Å². The predicted molar refractivity (Wildman–Crippen MR) is 93.1 cm³/mol. The zero-order valence-electron chi connectivity index (χ0n) is 14.9. The molecule has 2 heterocycles. The summed E-state index contributed by atoms with van der Waals surface area (Å²) >= 11 is 0. The van der Waals surface area contributed by atoms with E-state index in [-0.39, 0.29) is 23.5 Å². The Morgan fingerprint density at radius 1 is 1.07 bits per heavy atom. The standard InChI is InChI=1S/C19H23FN2O5/c20-14-3-1-12(2-4-14)11-21-17(23)13-7-9-22(10-8-13)18(24)15-5-6-16(27-15)19(25)26/h1-4,13,15-16H,5-11H2,(H,21,23)(H,25,26)/t15-,16+/m0/s1.